The number of ether oxygens (including phenoxy) is 1. The molecule has 4 aromatic carbocycles. The fourth-order valence-electron chi connectivity index (χ4n) is 5.66. The molecule has 0 spiro atoms. The van der Waals surface area contributed by atoms with E-state index in [1.165, 1.54) is 48.5 Å². The normalized spacial score (nSPS) is 15.4. The van der Waals surface area contributed by atoms with E-state index in [4.69, 9.17) is 51.1 Å². The zero-order valence-corrected chi connectivity index (χ0v) is 27.4. The number of carbonyl (C=O) groups excluding carboxylic acids is 5. The zero-order chi connectivity index (χ0) is 35.3. The van der Waals surface area contributed by atoms with Crippen LogP contribution in [0, 0.1) is 0 Å². The van der Waals surface area contributed by atoms with E-state index in [1.54, 1.807) is 24.3 Å². The molecule has 6 rings (SSSR count). The highest BCUT2D eigenvalue weighted by molar-refractivity contribution is 6.44. The molecule has 4 aromatic rings. The van der Waals surface area contributed by atoms with Gasteiger partial charge >= 0.3 is 11.9 Å². The van der Waals surface area contributed by atoms with Crippen LogP contribution in [0.3, 0.4) is 0 Å². The number of carboxylic acids is 1. The Labute approximate surface area is 291 Å². The maximum absolute atomic E-state index is 13.2. The lowest BCUT2D eigenvalue weighted by atomic mass is 9.84. The van der Waals surface area contributed by atoms with Gasteiger partial charge < -0.3 is 20.1 Å². The van der Waals surface area contributed by atoms with E-state index in [0.717, 1.165) is 6.92 Å². The van der Waals surface area contributed by atoms with Crippen molar-refractivity contribution in [2.45, 2.75) is 24.5 Å². The molecule has 244 valence electrons. The van der Waals surface area contributed by atoms with Crippen molar-refractivity contribution in [3.8, 4) is 5.75 Å². The van der Waals surface area contributed by atoms with Gasteiger partial charge in [0.15, 0.2) is 0 Å². The summed E-state index contributed by atoms with van der Waals surface area (Å²) in [6, 6.07) is 17.2. The lowest BCUT2D eigenvalue weighted by Crippen LogP contribution is -2.43. The zero-order valence-electron chi connectivity index (χ0n) is 24.3. The number of aromatic hydroxyl groups is 1. The third kappa shape index (κ3) is 5.35. The molecule has 2 aliphatic carbocycles. The van der Waals surface area contributed by atoms with Gasteiger partial charge in [-0.1, -0.05) is 101 Å². The number of aliphatic carboxylic acids is 1. The second-order valence-corrected chi connectivity index (χ2v) is 12.2. The predicted octanol–water partition coefficient (Wildman–Crippen LogP) is 6.42. The Morgan fingerprint density at radius 2 is 1.08 bits per heavy atom. The summed E-state index contributed by atoms with van der Waals surface area (Å²) in [5.41, 5.74) is -4.90. The van der Waals surface area contributed by atoms with Gasteiger partial charge in [-0.3, -0.25) is 28.8 Å². The van der Waals surface area contributed by atoms with Crippen molar-refractivity contribution in [2.75, 3.05) is 0 Å². The van der Waals surface area contributed by atoms with Gasteiger partial charge in [-0.05, 0) is 23.8 Å². The molecule has 0 heterocycles. The number of carbonyl (C=O) groups is 6. The number of fused-ring (bicyclic) bond motifs is 2. The van der Waals surface area contributed by atoms with E-state index in [1.807, 2.05) is 0 Å². The van der Waals surface area contributed by atoms with E-state index in [2.05, 4.69) is 0 Å². The van der Waals surface area contributed by atoms with Gasteiger partial charge in [0.05, 0.1) is 21.5 Å². The first kappa shape index (κ1) is 34.7. The molecule has 0 bridgehead atoms. The highest BCUT2D eigenvalue weighted by Crippen LogP contribution is 2.46. The Bertz CT molecular complexity index is 2040. The van der Waals surface area contributed by atoms with Gasteiger partial charge in [-0.2, -0.15) is 0 Å². The summed E-state index contributed by atoms with van der Waals surface area (Å²) >= 11 is 23.7. The molecule has 0 atom stereocenters. The number of benzene rings is 4. The van der Waals surface area contributed by atoms with Gasteiger partial charge in [-0.15, -0.1) is 0 Å². The fourth-order valence-corrected chi connectivity index (χ4v) is 6.39. The van der Waals surface area contributed by atoms with Crippen LogP contribution in [0.15, 0.2) is 72.8 Å². The topological polar surface area (TPSA) is 172 Å². The lowest BCUT2D eigenvalue weighted by Gasteiger charge is -2.28. The van der Waals surface area contributed by atoms with Crippen LogP contribution in [0.5, 0.6) is 5.75 Å². The average molecular weight is 730 g/mol. The van der Waals surface area contributed by atoms with Crippen LogP contribution in [-0.2, 0) is 31.9 Å². The largest absolute Gasteiger partial charge is 0.506 e. The number of halogens is 4. The summed E-state index contributed by atoms with van der Waals surface area (Å²) < 4.78 is 5.28. The van der Waals surface area contributed by atoms with Crippen molar-refractivity contribution in [3.05, 3.63) is 132 Å². The minimum absolute atomic E-state index is 0.0463. The molecule has 0 aliphatic heterocycles. The average Bonchev–Trinajstić information content (AvgIpc) is 3.38. The molecule has 0 radical (unpaired) electrons. The molecular formula is C34H20Cl4O10. The maximum atomic E-state index is 13.2. The van der Waals surface area contributed by atoms with E-state index in [-0.39, 0.29) is 59.0 Å². The number of phenolic OH excluding ortho intramolecular Hbond substituents is 1. The SMILES string of the molecule is CC(=O)OC1(c2ccc(Cl)c(Cl)c2CC(=O)O)C(=O)c2ccccc2C1=O.O=C1c2ccccc2C(=O)C1(O)c1ccc(Cl)c(Cl)c1O. The minimum atomic E-state index is -2.48. The Morgan fingerprint density at radius 3 is 1.52 bits per heavy atom. The molecule has 3 N–H and O–H groups in total. The molecule has 14 heteroatoms. The molecule has 0 saturated heterocycles. The molecule has 0 aromatic heterocycles. The number of esters is 1. The minimum Gasteiger partial charge on any atom is -0.506 e. The second-order valence-electron chi connectivity index (χ2n) is 10.6. The smallest absolute Gasteiger partial charge is 0.307 e. The molecule has 48 heavy (non-hydrogen) atoms. The highest BCUT2D eigenvalue weighted by Gasteiger charge is 2.59. The second kappa shape index (κ2) is 12.8. The number of aliphatic hydroxyl groups is 1. The Morgan fingerprint density at radius 1 is 0.667 bits per heavy atom. The number of Topliss-reactive ketones (excluding diaryl/α,β-unsaturated/α-hetero) is 4. The number of phenols is 1. The number of ketones is 4. The van der Waals surface area contributed by atoms with Gasteiger partial charge in [0.25, 0.3) is 5.60 Å². The van der Waals surface area contributed by atoms with Crippen LogP contribution in [0.25, 0.3) is 0 Å². The van der Waals surface area contributed by atoms with Crippen LogP contribution >= 0.6 is 46.4 Å². The van der Waals surface area contributed by atoms with E-state index in [0.29, 0.717) is 0 Å². The maximum Gasteiger partial charge on any atom is 0.307 e. The quantitative estimate of drug-likeness (QED) is 0.154. The third-order valence-corrected chi connectivity index (χ3v) is 9.43. The highest BCUT2D eigenvalue weighted by atomic mass is 35.5. The summed E-state index contributed by atoms with van der Waals surface area (Å²) in [6.45, 7) is 1.06. The van der Waals surface area contributed by atoms with Gasteiger partial charge in [0, 0.05) is 40.3 Å². The molecule has 10 nitrogen and oxygen atoms in total. The van der Waals surface area contributed by atoms with Crippen molar-refractivity contribution in [1.29, 1.82) is 0 Å². The molecule has 0 amide bonds. The summed E-state index contributed by atoms with van der Waals surface area (Å²) in [4.78, 5) is 74.3. The third-order valence-electron chi connectivity index (χ3n) is 7.79. The summed E-state index contributed by atoms with van der Waals surface area (Å²) in [7, 11) is 0. The van der Waals surface area contributed by atoms with Crippen LogP contribution < -0.4 is 0 Å². The van der Waals surface area contributed by atoms with Gasteiger partial charge in [0.2, 0.25) is 28.7 Å². The number of rotatable bonds is 5. The Hall–Kier alpha value is -4.58. The number of hydrogen-bond acceptors (Lipinski definition) is 9. The predicted molar refractivity (Wildman–Crippen MR) is 173 cm³/mol. The summed E-state index contributed by atoms with van der Waals surface area (Å²) in [5, 5.41) is 29.7. The number of hydrogen-bond donors (Lipinski definition) is 3. The van der Waals surface area contributed by atoms with Crippen LogP contribution in [0.2, 0.25) is 20.1 Å². The fraction of sp³-hybridized carbons (Fsp3) is 0.118. The first-order chi connectivity index (χ1) is 22.6. The molecule has 2 aliphatic rings. The number of carboxylic acid groups (broad SMARTS) is 1. The first-order valence-electron chi connectivity index (χ1n) is 13.7. The monoisotopic (exact) mass is 728 g/mol. The van der Waals surface area contributed by atoms with Crippen LogP contribution in [0.1, 0.15) is 65.0 Å². The van der Waals surface area contributed by atoms with Crippen LogP contribution in [0.4, 0.5) is 0 Å². The first-order valence-corrected chi connectivity index (χ1v) is 15.3. The molecule has 0 saturated carbocycles. The van der Waals surface area contributed by atoms with Gasteiger partial charge in [-0.25, -0.2) is 0 Å². The summed E-state index contributed by atoms with van der Waals surface area (Å²) in [6.07, 6.45) is -0.616. The summed E-state index contributed by atoms with van der Waals surface area (Å²) in [5.74, 6) is -5.83. The van der Waals surface area contributed by atoms with Crippen molar-refractivity contribution < 1.29 is 48.8 Å². The standard InChI is InChI=1S/C19H12Cl2O6.C15H8Cl2O4/c1-9(22)27-19(17(25)10-4-2-3-5-11(10)18(19)26)13-6-7-14(20)16(21)12(13)8-15(23)24;16-10-6-5-9(12(18)11(10)17)15(21)13(19)7-3-1-2-4-8(7)14(15)20/h2-7H,8H2,1H3,(H,23,24);1-6,18,21H. The Balaban J connectivity index is 0.000000194. The van der Waals surface area contributed by atoms with Crippen LogP contribution in [-0.4, -0.2) is 50.4 Å². The molecule has 0 unspecified atom stereocenters. The molecular weight excluding hydrogens is 710 g/mol. The van der Waals surface area contributed by atoms with E-state index >= 15 is 0 Å². The van der Waals surface area contributed by atoms with Crippen molar-refractivity contribution >= 4 is 81.5 Å². The van der Waals surface area contributed by atoms with Gasteiger partial charge in [0.1, 0.15) is 10.8 Å². The molecule has 0 fully saturated rings. The van der Waals surface area contributed by atoms with Crippen molar-refractivity contribution in [1.82, 2.24) is 0 Å². The van der Waals surface area contributed by atoms with Crippen molar-refractivity contribution in [2.24, 2.45) is 0 Å². The van der Waals surface area contributed by atoms with E-state index < -0.39 is 58.4 Å². The van der Waals surface area contributed by atoms with E-state index in [9.17, 15) is 44.1 Å². The Kier molecular flexibility index (Phi) is 9.26. The lowest BCUT2D eigenvalue weighted by molar-refractivity contribution is -0.149. The van der Waals surface area contributed by atoms with Crippen molar-refractivity contribution in [3.63, 3.8) is 0 Å².